The minimum absolute atomic E-state index is 0. The van der Waals surface area contributed by atoms with Crippen molar-refractivity contribution in [3.63, 3.8) is 0 Å². The van der Waals surface area contributed by atoms with Crippen molar-refractivity contribution in [3.05, 3.63) is 24.3 Å². The Morgan fingerprint density at radius 3 is 1.50 bits per heavy atom. The van der Waals surface area contributed by atoms with E-state index in [1.54, 1.807) is 0 Å². The van der Waals surface area contributed by atoms with Crippen molar-refractivity contribution >= 4 is 46.8 Å². The van der Waals surface area contributed by atoms with Gasteiger partial charge in [0.1, 0.15) is 4.90 Å². The van der Waals surface area contributed by atoms with Crippen LogP contribution >= 0.6 is 0 Å². The maximum atomic E-state index is 11.4. The van der Waals surface area contributed by atoms with Gasteiger partial charge in [-0.2, -0.15) is 25.3 Å². The summed E-state index contributed by atoms with van der Waals surface area (Å²) in [4.78, 5) is -2.58. The third kappa shape index (κ3) is 4.25. The first-order chi connectivity index (χ1) is 10.2. The molecule has 0 saturated heterocycles. The predicted molar refractivity (Wildman–Crippen MR) is 77.8 cm³/mol. The molecule has 0 spiro atoms. The molecule has 0 heterocycles. The summed E-state index contributed by atoms with van der Waals surface area (Å²) in [6.07, 6.45) is 0. The number of benzene rings is 2. The molecule has 0 aliphatic carbocycles. The van der Waals surface area contributed by atoms with E-state index in [1.807, 2.05) is 0 Å². The Hall–Kier alpha value is -0.770. The molecular formula is C10H9NNaO9S3+. The van der Waals surface area contributed by atoms with Crippen LogP contribution in [0, 0.1) is 0 Å². The SMILES string of the molecule is Nc1cc(S(=O)(=O)O)cc2cc(S(=O)(=O)O)cc(S(=O)(=O)O)c12.[Na+]. The Labute approximate surface area is 159 Å². The molecule has 2 aromatic rings. The van der Waals surface area contributed by atoms with Gasteiger partial charge in [0.15, 0.2) is 0 Å². The van der Waals surface area contributed by atoms with Gasteiger partial charge in [-0.25, -0.2) is 0 Å². The summed E-state index contributed by atoms with van der Waals surface area (Å²) >= 11 is 0. The monoisotopic (exact) mass is 406 g/mol. The van der Waals surface area contributed by atoms with Gasteiger partial charge < -0.3 is 5.73 Å². The second-order valence-electron chi connectivity index (χ2n) is 4.46. The van der Waals surface area contributed by atoms with Crippen LogP contribution in [0.4, 0.5) is 5.69 Å². The number of nitrogen functional groups attached to an aromatic ring is 1. The van der Waals surface area contributed by atoms with Gasteiger partial charge in [0.05, 0.1) is 9.79 Å². The average molecular weight is 406 g/mol. The first-order valence-corrected chi connectivity index (χ1v) is 9.83. The number of nitrogens with two attached hydrogens (primary N) is 1. The van der Waals surface area contributed by atoms with Crippen molar-refractivity contribution in [1.29, 1.82) is 0 Å². The molecule has 126 valence electrons. The average Bonchev–Trinajstić information content (AvgIpc) is 2.33. The minimum Gasteiger partial charge on any atom is -0.398 e. The number of rotatable bonds is 3. The first-order valence-electron chi connectivity index (χ1n) is 5.51. The summed E-state index contributed by atoms with van der Waals surface area (Å²) in [5, 5.41) is -0.715. The fraction of sp³-hybridized carbons (Fsp3) is 0. The molecule has 0 aromatic heterocycles. The van der Waals surface area contributed by atoms with Crippen LogP contribution in [0.2, 0.25) is 0 Å². The van der Waals surface area contributed by atoms with E-state index in [1.165, 1.54) is 0 Å². The second-order valence-corrected chi connectivity index (χ2v) is 8.69. The quantitative estimate of drug-likeness (QED) is 0.235. The Balaban J connectivity index is 0.00000288. The zero-order valence-corrected chi connectivity index (χ0v) is 16.4. The van der Waals surface area contributed by atoms with E-state index in [4.69, 9.17) is 14.8 Å². The van der Waals surface area contributed by atoms with Crippen molar-refractivity contribution in [1.82, 2.24) is 0 Å². The van der Waals surface area contributed by atoms with E-state index in [9.17, 15) is 29.8 Å². The van der Waals surface area contributed by atoms with E-state index in [2.05, 4.69) is 0 Å². The predicted octanol–water partition coefficient (Wildman–Crippen LogP) is -2.83. The van der Waals surface area contributed by atoms with Gasteiger partial charge in [0, 0.05) is 11.1 Å². The van der Waals surface area contributed by atoms with Gasteiger partial charge in [-0.15, -0.1) is 0 Å². The molecule has 5 N–H and O–H groups in total. The van der Waals surface area contributed by atoms with E-state index < -0.39 is 50.7 Å². The van der Waals surface area contributed by atoms with Crippen molar-refractivity contribution in [2.75, 3.05) is 5.73 Å². The maximum absolute atomic E-state index is 11.4. The maximum Gasteiger partial charge on any atom is 1.00 e. The van der Waals surface area contributed by atoms with Crippen LogP contribution < -0.4 is 35.3 Å². The van der Waals surface area contributed by atoms with E-state index in [0.29, 0.717) is 6.07 Å². The van der Waals surface area contributed by atoms with E-state index in [0.717, 1.165) is 18.2 Å². The molecule has 0 bridgehead atoms. The molecule has 0 atom stereocenters. The molecule has 24 heavy (non-hydrogen) atoms. The van der Waals surface area contributed by atoms with Crippen LogP contribution in [0.1, 0.15) is 0 Å². The molecule has 0 aliphatic rings. The molecule has 2 rings (SSSR count). The Kier molecular flexibility index (Phi) is 5.77. The Morgan fingerprint density at radius 2 is 1.12 bits per heavy atom. The normalized spacial score (nSPS) is 12.8. The summed E-state index contributed by atoms with van der Waals surface area (Å²) < 4.78 is 94.8. The van der Waals surface area contributed by atoms with Crippen molar-refractivity contribution in [3.8, 4) is 0 Å². The molecule has 0 unspecified atom stereocenters. The fourth-order valence-corrected chi connectivity index (χ4v) is 3.89. The standard InChI is InChI=1S/C10H9NO9S3.Na/c11-8-3-6(21(12,13)14)1-5-2-7(22(15,16)17)4-9(10(5)8)23(18,19)20;/h1-4H,11H2,(H,12,13,14)(H,15,16,17)(H,18,19,20);/q;+1. The molecule has 0 amide bonds. The number of anilines is 1. The largest absolute Gasteiger partial charge is 1.00 e. The summed E-state index contributed by atoms with van der Waals surface area (Å²) in [7, 11) is -14.5. The Bertz CT molecular complexity index is 1130. The molecule has 0 radical (unpaired) electrons. The summed E-state index contributed by atoms with van der Waals surface area (Å²) in [6, 6.07) is 2.69. The van der Waals surface area contributed by atoms with Crippen molar-refractivity contribution in [2.24, 2.45) is 0 Å². The number of hydrogen-bond donors (Lipinski definition) is 4. The van der Waals surface area contributed by atoms with Crippen molar-refractivity contribution in [2.45, 2.75) is 14.7 Å². The first kappa shape index (κ1) is 21.3. The minimum atomic E-state index is -4.95. The number of fused-ring (bicyclic) bond motifs is 1. The summed E-state index contributed by atoms with van der Waals surface area (Å²) in [6.45, 7) is 0. The molecule has 0 saturated carbocycles. The molecule has 10 nitrogen and oxygen atoms in total. The van der Waals surface area contributed by atoms with Gasteiger partial charge in [0.2, 0.25) is 0 Å². The molecule has 14 heteroatoms. The molecule has 0 fully saturated rings. The van der Waals surface area contributed by atoms with Gasteiger partial charge >= 0.3 is 29.6 Å². The molecule has 0 aliphatic heterocycles. The van der Waals surface area contributed by atoms with Crippen LogP contribution in [0.5, 0.6) is 0 Å². The molecule has 2 aromatic carbocycles. The number of hydrogen-bond acceptors (Lipinski definition) is 7. The van der Waals surface area contributed by atoms with Crippen LogP contribution in [-0.4, -0.2) is 38.9 Å². The van der Waals surface area contributed by atoms with Crippen LogP contribution in [0.25, 0.3) is 10.8 Å². The van der Waals surface area contributed by atoms with Crippen molar-refractivity contribution < 1.29 is 68.5 Å². The van der Waals surface area contributed by atoms with Gasteiger partial charge in [-0.05, 0) is 29.7 Å². The Morgan fingerprint density at radius 1 is 0.708 bits per heavy atom. The molecular weight excluding hydrogens is 397 g/mol. The van der Waals surface area contributed by atoms with Gasteiger partial charge in [-0.3, -0.25) is 13.7 Å². The van der Waals surface area contributed by atoms with E-state index in [-0.39, 0.29) is 40.3 Å². The van der Waals surface area contributed by atoms with Gasteiger partial charge in [0.25, 0.3) is 30.4 Å². The zero-order chi connectivity index (χ0) is 17.8. The van der Waals surface area contributed by atoms with E-state index >= 15 is 0 Å². The van der Waals surface area contributed by atoms with Gasteiger partial charge in [-0.1, -0.05) is 0 Å². The third-order valence-electron chi connectivity index (χ3n) is 2.86. The summed E-state index contributed by atoms with van der Waals surface area (Å²) in [5.41, 5.74) is 5.09. The van der Waals surface area contributed by atoms with Crippen LogP contribution in [0.15, 0.2) is 39.0 Å². The zero-order valence-electron chi connectivity index (χ0n) is 11.9. The van der Waals surface area contributed by atoms with Crippen LogP contribution in [-0.2, 0) is 30.4 Å². The second kappa shape index (κ2) is 6.51. The summed E-state index contributed by atoms with van der Waals surface area (Å²) in [5.74, 6) is 0. The fourth-order valence-electron chi connectivity index (χ4n) is 1.96. The van der Waals surface area contributed by atoms with Crippen LogP contribution in [0.3, 0.4) is 0 Å². The smallest absolute Gasteiger partial charge is 0.398 e. The topological polar surface area (TPSA) is 189 Å². The third-order valence-corrected chi connectivity index (χ3v) is 5.40.